The number of halogens is 1. The lowest BCUT2D eigenvalue weighted by molar-refractivity contribution is -0.126. The summed E-state index contributed by atoms with van der Waals surface area (Å²) in [5.41, 5.74) is 2.37. The predicted octanol–water partition coefficient (Wildman–Crippen LogP) is 5.53. The summed E-state index contributed by atoms with van der Waals surface area (Å²) in [5, 5.41) is 8.02. The van der Waals surface area contributed by atoms with Crippen molar-refractivity contribution in [1.82, 2.24) is 29.8 Å². The largest absolute Gasteiger partial charge is 0.356 e. The van der Waals surface area contributed by atoms with E-state index >= 15 is 0 Å². The lowest BCUT2D eigenvalue weighted by Gasteiger charge is -2.41. The van der Waals surface area contributed by atoms with Crippen LogP contribution in [0.4, 0.5) is 10.2 Å². The maximum atomic E-state index is 14.0. The summed E-state index contributed by atoms with van der Waals surface area (Å²) in [6.07, 6.45) is 7.67. The molecule has 2 aromatic heterocycles. The summed E-state index contributed by atoms with van der Waals surface area (Å²) >= 11 is 0. The Morgan fingerprint density at radius 3 is 2.48 bits per heavy atom. The van der Waals surface area contributed by atoms with Crippen LogP contribution in [0.1, 0.15) is 104 Å². The number of alkyl halides is 1. The fourth-order valence-corrected chi connectivity index (χ4v) is 6.10. The molecule has 1 N–H and O–H groups in total. The van der Waals surface area contributed by atoms with Gasteiger partial charge in [0.1, 0.15) is 11.9 Å². The summed E-state index contributed by atoms with van der Waals surface area (Å²) < 4.78 is 15.8. The molecule has 2 unspecified atom stereocenters. The molecule has 9 nitrogen and oxygen atoms in total. The van der Waals surface area contributed by atoms with Gasteiger partial charge in [0.2, 0.25) is 5.91 Å². The molecule has 2 aromatic rings. The average molecular weight is 612 g/mol. The molecule has 2 aliphatic heterocycles. The van der Waals surface area contributed by atoms with Crippen molar-refractivity contribution in [3.63, 3.8) is 0 Å². The lowest BCUT2D eigenvalue weighted by Crippen LogP contribution is -2.54. The number of Topliss-reactive ketones (excluding diaryl/α,β-unsaturated/α-hetero) is 1. The zero-order chi connectivity index (χ0) is 32.4. The van der Waals surface area contributed by atoms with E-state index in [-0.39, 0.29) is 40.4 Å². The average Bonchev–Trinajstić information content (AvgIpc) is 3.62. The van der Waals surface area contributed by atoms with E-state index in [1.165, 1.54) is 12.8 Å². The van der Waals surface area contributed by atoms with Crippen molar-refractivity contribution in [1.29, 1.82) is 0 Å². The highest BCUT2D eigenvalue weighted by atomic mass is 19.1. The van der Waals surface area contributed by atoms with Crippen LogP contribution < -0.4 is 10.2 Å². The normalized spacial score (nSPS) is 21.5. The number of nitrogens with one attached hydrogen (secondary N) is 1. The molecule has 2 saturated heterocycles. The number of carbonyl (C=O) groups is 2. The van der Waals surface area contributed by atoms with Crippen molar-refractivity contribution in [2.75, 3.05) is 38.1 Å². The first-order chi connectivity index (χ1) is 20.6. The zero-order valence-corrected chi connectivity index (χ0v) is 28.2. The van der Waals surface area contributed by atoms with E-state index in [2.05, 4.69) is 35.7 Å². The summed E-state index contributed by atoms with van der Waals surface area (Å²) in [4.78, 5) is 38.1. The van der Waals surface area contributed by atoms with Crippen molar-refractivity contribution < 1.29 is 14.0 Å². The van der Waals surface area contributed by atoms with E-state index in [1.54, 1.807) is 18.4 Å². The number of carbonyl (C=O) groups excluding carboxylic acids is 2. The Balaban J connectivity index is 0.000000488. The first-order valence-corrected chi connectivity index (χ1v) is 16.5. The van der Waals surface area contributed by atoms with Gasteiger partial charge in [-0.15, -0.1) is 0 Å². The van der Waals surface area contributed by atoms with E-state index in [1.807, 2.05) is 33.9 Å². The zero-order valence-electron chi connectivity index (χ0n) is 28.2. The molecule has 44 heavy (non-hydrogen) atoms. The van der Waals surface area contributed by atoms with Gasteiger partial charge in [-0.25, -0.2) is 13.9 Å². The Bertz CT molecular complexity index is 1350. The number of ketones is 1. The van der Waals surface area contributed by atoms with Crippen LogP contribution >= 0.6 is 0 Å². The van der Waals surface area contributed by atoms with Crippen LogP contribution in [0.5, 0.6) is 0 Å². The van der Waals surface area contributed by atoms with Crippen LogP contribution in [0, 0.1) is 17.3 Å². The third kappa shape index (κ3) is 7.85. The minimum Gasteiger partial charge on any atom is -0.356 e. The van der Waals surface area contributed by atoms with Crippen LogP contribution in [-0.4, -0.2) is 81.1 Å². The molecular weight excluding hydrogens is 557 g/mol. The Kier molecular flexibility index (Phi) is 10.5. The highest BCUT2D eigenvalue weighted by Gasteiger charge is 2.50. The number of likely N-dealkylation sites (N-methyl/N-ethyl adjacent to an activating group) is 1. The predicted molar refractivity (Wildman–Crippen MR) is 174 cm³/mol. The number of rotatable bonds is 10. The standard InChI is InChI=1S/C27H42FN7O.C7H12O/c1-18(8-9-26(3,4)19(2)28)22-16-35-25(30-22)31-23(34-14-13-33(5)27(17-34)10-11-27)21(32-35)15-20-7-6-12-29-24(20)36;1-5(2)7(8)6(3)4/h16,18-20H,6-15,17H2,1-5H3,(H,29,36);6H,1H2,2-4H3/t18?,19?,20-;/m1./s1. The van der Waals surface area contributed by atoms with E-state index in [0.717, 1.165) is 69.1 Å². The van der Waals surface area contributed by atoms with Gasteiger partial charge in [-0.1, -0.05) is 41.2 Å². The van der Waals surface area contributed by atoms with Gasteiger partial charge in [0, 0.05) is 55.9 Å². The molecule has 10 heteroatoms. The lowest BCUT2D eigenvalue weighted by atomic mass is 9.81. The minimum absolute atomic E-state index is 0.0709. The highest BCUT2D eigenvalue weighted by molar-refractivity contribution is 5.95. The SMILES string of the molecule is C=C(C)C(=O)C(C)C.CC(CCC(C)(C)C(C)F)c1cn2nc(C[C@H]3CCCNC3=O)c(N3CCN(C)C4(CC4)C3)nc2n1. The highest BCUT2D eigenvalue weighted by Crippen LogP contribution is 2.44. The first kappa shape index (κ1) is 34.0. The summed E-state index contributed by atoms with van der Waals surface area (Å²) in [5.74, 6) is 1.98. The van der Waals surface area contributed by atoms with Crippen molar-refractivity contribution >= 4 is 23.3 Å². The molecule has 0 bridgehead atoms. The van der Waals surface area contributed by atoms with Gasteiger partial charge in [-0.3, -0.25) is 14.5 Å². The van der Waals surface area contributed by atoms with Gasteiger partial charge in [0.15, 0.2) is 11.6 Å². The van der Waals surface area contributed by atoms with E-state index < -0.39 is 6.17 Å². The molecule has 3 aliphatic rings. The molecule has 244 valence electrons. The van der Waals surface area contributed by atoms with Gasteiger partial charge in [0.05, 0.1) is 11.9 Å². The third-order valence-corrected chi connectivity index (χ3v) is 10.1. The molecule has 3 fully saturated rings. The fraction of sp³-hybridized carbons (Fsp3) is 0.735. The van der Waals surface area contributed by atoms with E-state index in [0.29, 0.717) is 17.8 Å². The van der Waals surface area contributed by atoms with Crippen LogP contribution in [0.25, 0.3) is 5.78 Å². The molecular formula is C34H54FN7O2. The fourth-order valence-electron chi connectivity index (χ4n) is 6.10. The molecule has 4 heterocycles. The number of fused-ring (bicyclic) bond motifs is 1. The number of imidazole rings is 1. The van der Waals surface area contributed by atoms with Crippen molar-refractivity contribution in [2.45, 2.75) is 111 Å². The van der Waals surface area contributed by atoms with Crippen molar-refractivity contribution in [3.05, 3.63) is 29.7 Å². The Hall–Kier alpha value is -2.88. The van der Waals surface area contributed by atoms with Crippen LogP contribution in [-0.2, 0) is 16.0 Å². The number of nitrogens with zero attached hydrogens (tertiary/aromatic N) is 6. The number of hydrogen-bond acceptors (Lipinski definition) is 7. The number of piperazine rings is 1. The Morgan fingerprint density at radius 1 is 1.20 bits per heavy atom. The van der Waals surface area contributed by atoms with Gasteiger partial charge >= 0.3 is 0 Å². The Morgan fingerprint density at radius 2 is 1.91 bits per heavy atom. The number of piperidine rings is 1. The van der Waals surface area contributed by atoms with Crippen LogP contribution in [0.2, 0.25) is 0 Å². The molecule has 1 amide bonds. The maximum absolute atomic E-state index is 14.0. The number of allylic oxidation sites excluding steroid dienone is 1. The number of amides is 1. The number of anilines is 1. The van der Waals surface area contributed by atoms with Gasteiger partial charge < -0.3 is 10.2 Å². The summed E-state index contributed by atoms with van der Waals surface area (Å²) in [7, 11) is 2.22. The van der Waals surface area contributed by atoms with Crippen LogP contribution in [0.15, 0.2) is 18.3 Å². The first-order valence-electron chi connectivity index (χ1n) is 16.5. The summed E-state index contributed by atoms with van der Waals surface area (Å²) in [6, 6.07) is 0. The second-order valence-electron chi connectivity index (χ2n) is 14.5. The third-order valence-electron chi connectivity index (χ3n) is 10.1. The second-order valence-corrected chi connectivity index (χ2v) is 14.5. The quantitative estimate of drug-likeness (QED) is 0.353. The topological polar surface area (TPSA) is 95.7 Å². The number of aromatic nitrogens is 4. The molecule has 1 aliphatic carbocycles. The van der Waals surface area contributed by atoms with E-state index in [9.17, 15) is 14.0 Å². The molecule has 0 radical (unpaired) electrons. The summed E-state index contributed by atoms with van der Waals surface area (Å²) in [6.45, 7) is 20.4. The van der Waals surface area contributed by atoms with Crippen LogP contribution in [0.3, 0.4) is 0 Å². The Labute approximate surface area is 263 Å². The molecule has 5 rings (SSSR count). The minimum atomic E-state index is -0.852. The van der Waals surface area contributed by atoms with Crippen molar-refractivity contribution in [3.8, 4) is 0 Å². The van der Waals surface area contributed by atoms with E-state index in [4.69, 9.17) is 15.1 Å². The monoisotopic (exact) mass is 611 g/mol. The smallest absolute Gasteiger partial charge is 0.252 e. The van der Waals surface area contributed by atoms with Gasteiger partial charge in [0.25, 0.3) is 5.78 Å². The van der Waals surface area contributed by atoms with Gasteiger partial charge in [-0.2, -0.15) is 10.1 Å². The number of hydrogen-bond donors (Lipinski definition) is 1. The molecule has 3 atom stereocenters. The molecule has 1 spiro atoms. The maximum Gasteiger partial charge on any atom is 0.252 e. The van der Waals surface area contributed by atoms with Crippen molar-refractivity contribution in [2.24, 2.45) is 17.3 Å². The molecule has 1 saturated carbocycles. The second kappa shape index (κ2) is 13.6. The molecule has 0 aromatic carbocycles. The van der Waals surface area contributed by atoms with Gasteiger partial charge in [-0.05, 0) is 70.4 Å².